The highest BCUT2D eigenvalue weighted by atomic mass is 16.5. The molecular formula is C10H17NO5. The number of esters is 1. The molecule has 92 valence electrons. The lowest BCUT2D eigenvalue weighted by Gasteiger charge is -2.15. The van der Waals surface area contributed by atoms with Crippen LogP contribution in [0.25, 0.3) is 0 Å². The highest BCUT2D eigenvalue weighted by molar-refractivity contribution is 5.81. The van der Waals surface area contributed by atoms with Crippen LogP contribution in [0.15, 0.2) is 0 Å². The van der Waals surface area contributed by atoms with Gasteiger partial charge in [-0.15, -0.1) is 0 Å². The molecule has 0 fully saturated rings. The Hall–Kier alpha value is -1.59. The lowest BCUT2D eigenvalue weighted by Crippen LogP contribution is -2.32. The van der Waals surface area contributed by atoms with Crippen LogP contribution in [0.1, 0.15) is 25.7 Å². The molecule has 0 aliphatic rings. The molecule has 0 radical (unpaired) electrons. The molecule has 0 rings (SSSR count). The number of rotatable bonds is 7. The van der Waals surface area contributed by atoms with E-state index in [0.29, 0.717) is 12.8 Å². The number of methoxy groups -OCH3 is 1. The fourth-order valence-corrected chi connectivity index (χ4v) is 1.09. The van der Waals surface area contributed by atoms with Crippen LogP contribution in [-0.2, 0) is 19.1 Å². The second-order valence-corrected chi connectivity index (χ2v) is 3.43. The molecule has 16 heavy (non-hydrogen) atoms. The highest BCUT2D eigenvalue weighted by Crippen LogP contribution is 2.02. The topological polar surface area (TPSA) is 83.9 Å². The molecule has 0 spiro atoms. The molecule has 0 saturated heterocycles. The average molecular weight is 231 g/mol. The summed E-state index contributed by atoms with van der Waals surface area (Å²) in [6.07, 6.45) is 1.29. The molecule has 6 heteroatoms. The minimum atomic E-state index is -0.865. The molecule has 0 aromatic heterocycles. The monoisotopic (exact) mass is 231 g/mol. The van der Waals surface area contributed by atoms with Crippen LogP contribution in [0.2, 0.25) is 0 Å². The highest BCUT2D eigenvalue weighted by Gasteiger charge is 2.12. The van der Waals surface area contributed by atoms with Crippen LogP contribution < -0.4 is 0 Å². The predicted octanol–water partition coefficient (Wildman–Crippen LogP) is 0.263. The van der Waals surface area contributed by atoms with E-state index in [4.69, 9.17) is 5.11 Å². The van der Waals surface area contributed by atoms with Crippen LogP contribution in [-0.4, -0.2) is 48.6 Å². The zero-order valence-electron chi connectivity index (χ0n) is 9.56. The van der Waals surface area contributed by atoms with Gasteiger partial charge in [-0.1, -0.05) is 0 Å². The van der Waals surface area contributed by atoms with Crippen molar-refractivity contribution in [3.05, 3.63) is 0 Å². The zero-order valence-corrected chi connectivity index (χ0v) is 9.56. The number of hydrogen-bond donors (Lipinski definition) is 1. The number of carboxylic acid groups (broad SMARTS) is 1. The van der Waals surface area contributed by atoms with Gasteiger partial charge in [0.25, 0.3) is 0 Å². The van der Waals surface area contributed by atoms with Crippen molar-refractivity contribution in [1.29, 1.82) is 0 Å². The van der Waals surface area contributed by atoms with E-state index in [9.17, 15) is 14.4 Å². The Balaban J connectivity index is 3.71. The van der Waals surface area contributed by atoms with Gasteiger partial charge < -0.3 is 14.7 Å². The molecular weight excluding hydrogens is 214 g/mol. The molecule has 1 N–H and O–H groups in total. The summed E-state index contributed by atoms with van der Waals surface area (Å²) in [5.74, 6) is -1.52. The number of amides is 1. The molecule has 0 aromatic carbocycles. The number of carboxylic acids is 1. The number of carbonyl (C=O) groups is 3. The third-order valence-electron chi connectivity index (χ3n) is 2.05. The fraction of sp³-hybridized carbons (Fsp3) is 0.700. The molecule has 0 unspecified atom stereocenters. The van der Waals surface area contributed by atoms with E-state index in [1.54, 1.807) is 0 Å². The van der Waals surface area contributed by atoms with E-state index >= 15 is 0 Å². The molecule has 0 heterocycles. The maximum absolute atomic E-state index is 11.4. The number of ether oxygens (including phenoxy) is 1. The zero-order chi connectivity index (χ0) is 12.6. The van der Waals surface area contributed by atoms with Crippen LogP contribution in [0.5, 0.6) is 0 Å². The van der Waals surface area contributed by atoms with Gasteiger partial charge >= 0.3 is 11.9 Å². The number of unbranched alkanes of at least 4 members (excludes halogenated alkanes) is 1. The number of hydrogen-bond acceptors (Lipinski definition) is 4. The molecule has 0 atom stereocenters. The van der Waals surface area contributed by atoms with Gasteiger partial charge in [-0.3, -0.25) is 14.4 Å². The maximum atomic E-state index is 11.4. The maximum Gasteiger partial charge on any atom is 0.325 e. The molecule has 0 aromatic rings. The van der Waals surface area contributed by atoms with E-state index in [2.05, 4.69) is 4.74 Å². The normalized spacial score (nSPS) is 9.62. The van der Waals surface area contributed by atoms with E-state index < -0.39 is 11.9 Å². The average Bonchev–Trinajstić information content (AvgIpc) is 2.23. The summed E-state index contributed by atoms with van der Waals surface area (Å²) >= 11 is 0. The third kappa shape index (κ3) is 6.80. The molecule has 0 saturated carbocycles. The number of carbonyl (C=O) groups excluding carboxylic acids is 2. The summed E-state index contributed by atoms with van der Waals surface area (Å²) in [5, 5.41) is 8.38. The second-order valence-electron chi connectivity index (χ2n) is 3.43. The van der Waals surface area contributed by atoms with Crippen molar-refractivity contribution in [3.63, 3.8) is 0 Å². The third-order valence-corrected chi connectivity index (χ3v) is 2.05. The molecule has 1 amide bonds. The lowest BCUT2D eigenvalue weighted by atomic mass is 10.2. The van der Waals surface area contributed by atoms with E-state index in [1.807, 2.05) is 0 Å². The fourth-order valence-electron chi connectivity index (χ4n) is 1.09. The number of likely N-dealkylation sites (N-methyl/N-ethyl adjacent to an activating group) is 1. The smallest absolute Gasteiger partial charge is 0.325 e. The predicted molar refractivity (Wildman–Crippen MR) is 55.8 cm³/mol. The largest absolute Gasteiger partial charge is 0.481 e. The molecule has 0 bridgehead atoms. The van der Waals surface area contributed by atoms with Gasteiger partial charge in [-0.25, -0.2) is 0 Å². The Morgan fingerprint density at radius 2 is 1.75 bits per heavy atom. The molecule has 0 aliphatic heterocycles. The van der Waals surface area contributed by atoms with Crippen molar-refractivity contribution in [2.75, 3.05) is 20.7 Å². The minimum Gasteiger partial charge on any atom is -0.481 e. The van der Waals surface area contributed by atoms with Gasteiger partial charge in [0.15, 0.2) is 0 Å². The first-order valence-corrected chi connectivity index (χ1v) is 5.00. The first-order valence-electron chi connectivity index (χ1n) is 5.00. The van der Waals surface area contributed by atoms with Crippen LogP contribution in [0.3, 0.4) is 0 Å². The van der Waals surface area contributed by atoms with Crippen molar-refractivity contribution in [1.82, 2.24) is 4.90 Å². The van der Waals surface area contributed by atoms with E-state index in [1.165, 1.54) is 19.1 Å². The van der Waals surface area contributed by atoms with Gasteiger partial charge in [-0.05, 0) is 12.8 Å². The molecule has 6 nitrogen and oxygen atoms in total. The van der Waals surface area contributed by atoms with E-state index in [-0.39, 0.29) is 25.3 Å². The SMILES string of the molecule is COC(=O)CN(C)C(=O)CCCCC(=O)O. The van der Waals surface area contributed by atoms with Crippen molar-refractivity contribution in [2.24, 2.45) is 0 Å². The van der Waals surface area contributed by atoms with Crippen LogP contribution in [0, 0.1) is 0 Å². The van der Waals surface area contributed by atoms with Crippen molar-refractivity contribution in [2.45, 2.75) is 25.7 Å². The van der Waals surface area contributed by atoms with E-state index in [0.717, 1.165) is 0 Å². The Kier molecular flexibility index (Phi) is 6.91. The van der Waals surface area contributed by atoms with Crippen molar-refractivity contribution < 1.29 is 24.2 Å². The van der Waals surface area contributed by atoms with Gasteiger partial charge in [0.05, 0.1) is 7.11 Å². The summed E-state index contributed by atoms with van der Waals surface area (Å²) in [7, 11) is 2.77. The van der Waals surface area contributed by atoms with Gasteiger partial charge in [-0.2, -0.15) is 0 Å². The summed E-state index contributed by atoms with van der Waals surface area (Å²) in [6, 6.07) is 0. The quantitative estimate of drug-likeness (QED) is 0.502. The van der Waals surface area contributed by atoms with Crippen LogP contribution in [0.4, 0.5) is 0 Å². The summed E-state index contributed by atoms with van der Waals surface area (Å²) in [4.78, 5) is 33.7. The summed E-state index contributed by atoms with van der Waals surface area (Å²) in [6.45, 7) is -0.0751. The first-order chi connectivity index (χ1) is 7.47. The van der Waals surface area contributed by atoms with Crippen molar-refractivity contribution >= 4 is 17.8 Å². The van der Waals surface area contributed by atoms with Gasteiger partial charge in [0.1, 0.15) is 6.54 Å². The Morgan fingerprint density at radius 1 is 1.19 bits per heavy atom. The minimum absolute atomic E-state index is 0.0635. The van der Waals surface area contributed by atoms with Crippen molar-refractivity contribution in [3.8, 4) is 0 Å². The summed E-state index contributed by atoms with van der Waals surface area (Å²) < 4.78 is 4.42. The van der Waals surface area contributed by atoms with Gasteiger partial charge in [0.2, 0.25) is 5.91 Å². The Morgan fingerprint density at radius 3 is 2.25 bits per heavy atom. The number of aliphatic carboxylic acids is 1. The summed E-state index contributed by atoms with van der Waals surface area (Å²) in [5.41, 5.74) is 0. The Bertz CT molecular complexity index is 264. The Labute approximate surface area is 94.2 Å². The van der Waals surface area contributed by atoms with Gasteiger partial charge in [0, 0.05) is 19.9 Å². The standard InChI is InChI=1S/C10H17NO5/c1-11(7-10(15)16-2)8(12)5-3-4-6-9(13)14/h3-7H2,1-2H3,(H,13,14). The number of nitrogens with zero attached hydrogens (tertiary/aromatic N) is 1. The second kappa shape index (κ2) is 7.67. The molecule has 0 aliphatic carbocycles. The first kappa shape index (κ1) is 14.4. The van der Waals surface area contributed by atoms with Crippen LogP contribution >= 0.6 is 0 Å². The lowest BCUT2D eigenvalue weighted by molar-refractivity contribution is -0.146.